The van der Waals surface area contributed by atoms with Crippen LogP contribution in [0.3, 0.4) is 0 Å². The summed E-state index contributed by atoms with van der Waals surface area (Å²) >= 11 is 1.62. The minimum Gasteiger partial charge on any atom is -0.346 e. The van der Waals surface area contributed by atoms with Gasteiger partial charge in [-0.3, -0.25) is 9.78 Å². The van der Waals surface area contributed by atoms with Gasteiger partial charge in [-0.15, -0.1) is 11.8 Å². The summed E-state index contributed by atoms with van der Waals surface area (Å²) in [5, 5.41) is 3.74. The molecule has 0 bridgehead atoms. The Kier molecular flexibility index (Phi) is 5.12. The highest BCUT2D eigenvalue weighted by Gasteiger charge is 2.07. The van der Waals surface area contributed by atoms with Gasteiger partial charge in [0, 0.05) is 17.5 Å². The predicted octanol–water partition coefficient (Wildman–Crippen LogP) is 2.83. The molecule has 0 fully saturated rings. The van der Waals surface area contributed by atoms with Crippen molar-refractivity contribution in [1.82, 2.24) is 15.3 Å². The van der Waals surface area contributed by atoms with Crippen molar-refractivity contribution in [3.05, 3.63) is 53.5 Å². The molecule has 1 N–H and O–H groups in total. The van der Waals surface area contributed by atoms with Gasteiger partial charge >= 0.3 is 0 Å². The quantitative estimate of drug-likeness (QED) is 0.859. The van der Waals surface area contributed by atoms with Crippen LogP contribution in [0.4, 0.5) is 0 Å². The van der Waals surface area contributed by atoms with Gasteiger partial charge in [0.1, 0.15) is 0 Å². The van der Waals surface area contributed by atoms with Crippen LogP contribution in [-0.4, -0.2) is 21.6 Å². The van der Waals surface area contributed by atoms with Crippen LogP contribution in [-0.2, 0) is 6.54 Å². The van der Waals surface area contributed by atoms with E-state index >= 15 is 0 Å². The number of carbonyl (C=O) groups is 1. The average molecular weight is 287 g/mol. The van der Waals surface area contributed by atoms with E-state index in [0.717, 1.165) is 22.2 Å². The number of amides is 1. The van der Waals surface area contributed by atoms with Crippen LogP contribution in [0.2, 0.25) is 0 Å². The molecular weight excluding hydrogens is 270 g/mol. The van der Waals surface area contributed by atoms with Crippen molar-refractivity contribution in [2.45, 2.75) is 25.4 Å². The minimum absolute atomic E-state index is 0.103. The van der Waals surface area contributed by atoms with Crippen LogP contribution in [0.5, 0.6) is 0 Å². The van der Waals surface area contributed by atoms with E-state index < -0.39 is 0 Å². The molecule has 0 radical (unpaired) electrons. The SMILES string of the molecule is CCSc1cc(C(=O)NCc2cccc(C)n2)ccn1. The summed E-state index contributed by atoms with van der Waals surface area (Å²) in [7, 11) is 0. The van der Waals surface area contributed by atoms with E-state index in [2.05, 4.69) is 22.2 Å². The zero-order chi connectivity index (χ0) is 14.4. The number of thioether (sulfide) groups is 1. The van der Waals surface area contributed by atoms with Gasteiger partial charge in [0.25, 0.3) is 5.91 Å². The third-order valence-corrected chi connectivity index (χ3v) is 3.47. The second kappa shape index (κ2) is 7.05. The summed E-state index contributed by atoms with van der Waals surface area (Å²) < 4.78 is 0. The standard InChI is InChI=1S/C15H17N3OS/c1-3-20-14-9-12(7-8-16-14)15(19)17-10-13-6-4-5-11(2)18-13/h4-9H,3,10H2,1-2H3,(H,17,19). The second-order valence-electron chi connectivity index (χ2n) is 4.27. The van der Waals surface area contributed by atoms with Crippen LogP contribution in [0.1, 0.15) is 28.7 Å². The Morgan fingerprint density at radius 2 is 2.20 bits per heavy atom. The van der Waals surface area contributed by atoms with Gasteiger partial charge in [-0.1, -0.05) is 13.0 Å². The maximum Gasteiger partial charge on any atom is 0.251 e. The van der Waals surface area contributed by atoms with Crippen molar-refractivity contribution in [2.24, 2.45) is 0 Å². The van der Waals surface area contributed by atoms with E-state index in [1.807, 2.05) is 31.2 Å². The van der Waals surface area contributed by atoms with E-state index in [4.69, 9.17) is 0 Å². The fourth-order valence-electron chi connectivity index (χ4n) is 1.75. The molecule has 2 aromatic heterocycles. The number of hydrogen-bond acceptors (Lipinski definition) is 4. The number of aryl methyl sites for hydroxylation is 1. The smallest absolute Gasteiger partial charge is 0.251 e. The lowest BCUT2D eigenvalue weighted by Gasteiger charge is -2.06. The summed E-state index contributed by atoms with van der Waals surface area (Å²) in [5.74, 6) is 0.833. The van der Waals surface area contributed by atoms with E-state index in [-0.39, 0.29) is 5.91 Å². The molecule has 0 saturated heterocycles. The molecule has 4 nitrogen and oxygen atoms in total. The summed E-state index contributed by atoms with van der Waals surface area (Å²) in [6.07, 6.45) is 1.66. The zero-order valence-corrected chi connectivity index (χ0v) is 12.4. The first-order chi connectivity index (χ1) is 9.69. The Balaban J connectivity index is 1.99. The van der Waals surface area contributed by atoms with Crippen molar-refractivity contribution in [2.75, 3.05) is 5.75 Å². The number of pyridine rings is 2. The predicted molar refractivity (Wildman–Crippen MR) is 80.8 cm³/mol. The zero-order valence-electron chi connectivity index (χ0n) is 11.6. The number of carbonyl (C=O) groups excluding carboxylic acids is 1. The molecule has 20 heavy (non-hydrogen) atoms. The molecule has 1 amide bonds. The molecular formula is C15H17N3OS. The van der Waals surface area contributed by atoms with Gasteiger partial charge in [0.15, 0.2) is 0 Å². The highest BCUT2D eigenvalue weighted by atomic mass is 32.2. The van der Waals surface area contributed by atoms with Crippen molar-refractivity contribution < 1.29 is 4.79 Å². The second-order valence-corrected chi connectivity index (χ2v) is 5.55. The molecule has 0 aliphatic carbocycles. The highest BCUT2D eigenvalue weighted by Crippen LogP contribution is 2.15. The summed E-state index contributed by atoms with van der Waals surface area (Å²) in [6, 6.07) is 9.30. The fourth-order valence-corrected chi connectivity index (χ4v) is 2.39. The molecule has 2 rings (SSSR count). The lowest BCUT2D eigenvalue weighted by molar-refractivity contribution is 0.0950. The molecule has 104 valence electrons. The van der Waals surface area contributed by atoms with Gasteiger partial charge in [0.05, 0.1) is 17.3 Å². The Morgan fingerprint density at radius 3 is 2.95 bits per heavy atom. The first-order valence-electron chi connectivity index (χ1n) is 6.48. The third-order valence-electron chi connectivity index (χ3n) is 2.67. The van der Waals surface area contributed by atoms with Crippen molar-refractivity contribution in [3.8, 4) is 0 Å². The molecule has 0 unspecified atom stereocenters. The van der Waals surface area contributed by atoms with Gasteiger partial charge in [-0.25, -0.2) is 4.98 Å². The minimum atomic E-state index is -0.103. The van der Waals surface area contributed by atoms with Gasteiger partial charge < -0.3 is 5.32 Å². The number of rotatable bonds is 5. The van der Waals surface area contributed by atoms with Crippen molar-refractivity contribution in [1.29, 1.82) is 0 Å². The van der Waals surface area contributed by atoms with Crippen LogP contribution in [0, 0.1) is 6.92 Å². The lowest BCUT2D eigenvalue weighted by Crippen LogP contribution is -2.23. The third kappa shape index (κ3) is 4.06. The number of nitrogens with zero attached hydrogens (tertiary/aromatic N) is 2. The lowest BCUT2D eigenvalue weighted by atomic mass is 10.2. The molecule has 0 spiro atoms. The van der Waals surface area contributed by atoms with Crippen LogP contribution in [0.25, 0.3) is 0 Å². The first-order valence-corrected chi connectivity index (χ1v) is 7.47. The summed E-state index contributed by atoms with van der Waals surface area (Å²) in [4.78, 5) is 20.7. The van der Waals surface area contributed by atoms with Crippen molar-refractivity contribution >= 4 is 17.7 Å². The number of hydrogen-bond donors (Lipinski definition) is 1. The maximum absolute atomic E-state index is 12.1. The van der Waals surface area contributed by atoms with Gasteiger partial charge in [0.2, 0.25) is 0 Å². The van der Waals surface area contributed by atoms with E-state index in [0.29, 0.717) is 12.1 Å². The average Bonchev–Trinajstić information content (AvgIpc) is 2.45. The number of nitrogens with one attached hydrogen (secondary N) is 1. The van der Waals surface area contributed by atoms with Gasteiger partial charge in [-0.05, 0) is 36.9 Å². The van der Waals surface area contributed by atoms with E-state index in [1.54, 1.807) is 24.0 Å². The van der Waals surface area contributed by atoms with Crippen LogP contribution < -0.4 is 5.32 Å². The number of aromatic nitrogens is 2. The molecule has 0 saturated carbocycles. The monoisotopic (exact) mass is 287 g/mol. The molecule has 0 atom stereocenters. The van der Waals surface area contributed by atoms with Crippen LogP contribution >= 0.6 is 11.8 Å². The molecule has 0 aromatic carbocycles. The Labute approximate surface area is 123 Å². The topological polar surface area (TPSA) is 54.9 Å². The molecule has 2 heterocycles. The van der Waals surface area contributed by atoms with Gasteiger partial charge in [-0.2, -0.15) is 0 Å². The largest absolute Gasteiger partial charge is 0.346 e. The van der Waals surface area contributed by atoms with Crippen LogP contribution in [0.15, 0.2) is 41.6 Å². The first kappa shape index (κ1) is 14.5. The summed E-state index contributed by atoms with van der Waals surface area (Å²) in [5.41, 5.74) is 2.43. The summed E-state index contributed by atoms with van der Waals surface area (Å²) in [6.45, 7) is 4.42. The fraction of sp³-hybridized carbons (Fsp3) is 0.267. The Hall–Kier alpha value is -1.88. The van der Waals surface area contributed by atoms with Crippen molar-refractivity contribution in [3.63, 3.8) is 0 Å². The molecule has 2 aromatic rings. The highest BCUT2D eigenvalue weighted by molar-refractivity contribution is 7.99. The van der Waals surface area contributed by atoms with E-state index in [9.17, 15) is 4.79 Å². The molecule has 0 aliphatic rings. The maximum atomic E-state index is 12.1. The Bertz CT molecular complexity index is 601. The Morgan fingerprint density at radius 1 is 1.35 bits per heavy atom. The normalized spacial score (nSPS) is 10.3. The van der Waals surface area contributed by atoms with E-state index in [1.165, 1.54) is 0 Å². The molecule has 5 heteroatoms. The molecule has 0 aliphatic heterocycles.